The zero-order valence-electron chi connectivity index (χ0n) is 6.64. The quantitative estimate of drug-likeness (QED) is 0.635. The zero-order chi connectivity index (χ0) is 9.19. The molecule has 1 aliphatic heterocycles. The first-order valence-electron chi connectivity index (χ1n) is 4.01. The molecule has 0 aromatic carbocycles. The Bertz CT molecular complexity index is 148. The summed E-state index contributed by atoms with van der Waals surface area (Å²) in [6, 6.07) is -0.415. The lowest BCUT2D eigenvalue weighted by atomic mass is 10.0. The van der Waals surface area contributed by atoms with Crippen molar-refractivity contribution in [1.29, 1.82) is 0 Å². The Labute approximate surface area is 75.5 Å². The third-order valence-corrected chi connectivity index (χ3v) is 2.59. The lowest BCUT2D eigenvalue weighted by Crippen LogP contribution is -2.35. The molecule has 0 spiro atoms. The highest BCUT2D eigenvalue weighted by Gasteiger charge is 2.34. The SMILES string of the molecule is FC(F)(F)CC1CCCCN1S. The molecule has 0 aliphatic carbocycles. The molecule has 1 unspecified atom stereocenters. The van der Waals surface area contributed by atoms with Crippen LogP contribution in [0.3, 0.4) is 0 Å². The fourth-order valence-corrected chi connectivity index (χ4v) is 1.80. The molecular weight excluding hydrogens is 187 g/mol. The Morgan fingerprint density at radius 1 is 1.33 bits per heavy atom. The number of hydrogen-bond acceptors (Lipinski definition) is 2. The minimum Gasteiger partial charge on any atom is -0.250 e. The molecule has 12 heavy (non-hydrogen) atoms. The number of hydrogen-bond donors (Lipinski definition) is 1. The second kappa shape index (κ2) is 3.87. The maximum absolute atomic E-state index is 12.0. The molecule has 1 saturated heterocycles. The van der Waals surface area contributed by atoms with E-state index in [-0.39, 0.29) is 0 Å². The summed E-state index contributed by atoms with van der Waals surface area (Å²) in [4.78, 5) is 0. The predicted octanol–water partition coefficient (Wildman–Crippen LogP) is 2.64. The topological polar surface area (TPSA) is 3.24 Å². The second-order valence-electron chi connectivity index (χ2n) is 3.13. The molecular formula is C7H12F3NS. The van der Waals surface area contributed by atoms with Crippen LogP contribution < -0.4 is 0 Å². The molecule has 1 nitrogen and oxygen atoms in total. The van der Waals surface area contributed by atoms with Crippen LogP contribution in [0.1, 0.15) is 25.7 Å². The van der Waals surface area contributed by atoms with Gasteiger partial charge >= 0.3 is 6.18 Å². The van der Waals surface area contributed by atoms with Gasteiger partial charge in [0.2, 0.25) is 0 Å². The normalized spacial score (nSPS) is 27.5. The molecule has 1 aliphatic rings. The lowest BCUT2D eigenvalue weighted by Gasteiger charge is -2.31. The molecule has 1 rings (SSSR count). The van der Waals surface area contributed by atoms with Crippen LogP contribution in [0.5, 0.6) is 0 Å². The van der Waals surface area contributed by atoms with Crippen molar-refractivity contribution < 1.29 is 13.2 Å². The number of halogens is 3. The van der Waals surface area contributed by atoms with Gasteiger partial charge in [0.15, 0.2) is 0 Å². The van der Waals surface area contributed by atoms with E-state index in [1.54, 1.807) is 0 Å². The predicted molar refractivity (Wildman–Crippen MR) is 44.0 cm³/mol. The molecule has 0 radical (unpaired) electrons. The standard InChI is InChI=1S/C7H12F3NS/c8-7(9,10)5-6-3-1-2-4-11(6)12/h6,12H,1-5H2. The minimum absolute atomic E-state index is 0.415. The van der Waals surface area contributed by atoms with Crippen molar-refractivity contribution in [2.24, 2.45) is 0 Å². The molecule has 0 aromatic heterocycles. The Balaban J connectivity index is 2.39. The van der Waals surface area contributed by atoms with Crippen molar-refractivity contribution in [3.8, 4) is 0 Å². The Kier molecular flexibility index (Phi) is 3.29. The van der Waals surface area contributed by atoms with Crippen LogP contribution in [0.2, 0.25) is 0 Å². The third kappa shape index (κ3) is 3.23. The lowest BCUT2D eigenvalue weighted by molar-refractivity contribution is -0.145. The van der Waals surface area contributed by atoms with Crippen molar-refractivity contribution in [3.05, 3.63) is 0 Å². The van der Waals surface area contributed by atoms with Gasteiger partial charge in [0.1, 0.15) is 0 Å². The van der Waals surface area contributed by atoms with E-state index in [4.69, 9.17) is 0 Å². The van der Waals surface area contributed by atoms with Gasteiger partial charge in [0.25, 0.3) is 0 Å². The average Bonchev–Trinajstić information content (AvgIpc) is 1.91. The smallest absolute Gasteiger partial charge is 0.250 e. The van der Waals surface area contributed by atoms with Gasteiger partial charge in [-0.1, -0.05) is 19.2 Å². The van der Waals surface area contributed by atoms with Crippen LogP contribution in [0.4, 0.5) is 13.2 Å². The molecule has 0 amide bonds. The Morgan fingerprint density at radius 3 is 2.50 bits per heavy atom. The molecule has 0 bridgehead atoms. The van der Waals surface area contributed by atoms with Gasteiger partial charge < -0.3 is 0 Å². The van der Waals surface area contributed by atoms with Gasteiger partial charge in [-0.3, -0.25) is 0 Å². The first-order valence-corrected chi connectivity index (χ1v) is 4.41. The molecule has 1 atom stereocenters. The highest BCUT2D eigenvalue weighted by Crippen LogP contribution is 2.29. The Morgan fingerprint density at radius 2 is 2.00 bits per heavy atom. The summed E-state index contributed by atoms with van der Waals surface area (Å²) in [5, 5.41) is 0. The summed E-state index contributed by atoms with van der Waals surface area (Å²) in [7, 11) is 0. The summed E-state index contributed by atoms with van der Waals surface area (Å²) in [6.07, 6.45) is -2.32. The molecule has 1 heterocycles. The number of piperidine rings is 1. The fraction of sp³-hybridized carbons (Fsp3) is 1.00. The van der Waals surface area contributed by atoms with E-state index in [9.17, 15) is 13.2 Å². The molecule has 1 fully saturated rings. The summed E-state index contributed by atoms with van der Waals surface area (Å²) in [6.45, 7) is 0.670. The Hall–Kier alpha value is 0.100. The summed E-state index contributed by atoms with van der Waals surface area (Å²) in [5.74, 6) is 0. The van der Waals surface area contributed by atoms with Gasteiger partial charge in [-0.05, 0) is 12.8 Å². The summed E-state index contributed by atoms with van der Waals surface area (Å²) >= 11 is 4.00. The van der Waals surface area contributed by atoms with Gasteiger partial charge in [-0.25, -0.2) is 4.31 Å². The number of nitrogens with zero attached hydrogens (tertiary/aromatic N) is 1. The van der Waals surface area contributed by atoms with E-state index in [2.05, 4.69) is 12.8 Å². The zero-order valence-corrected chi connectivity index (χ0v) is 7.54. The van der Waals surface area contributed by atoms with Gasteiger partial charge in [-0.2, -0.15) is 13.2 Å². The molecule has 0 saturated carbocycles. The van der Waals surface area contributed by atoms with Crippen LogP contribution in [0, 0.1) is 0 Å². The van der Waals surface area contributed by atoms with Crippen LogP contribution in [0.25, 0.3) is 0 Å². The van der Waals surface area contributed by atoms with Crippen molar-refractivity contribution in [2.75, 3.05) is 6.54 Å². The highest BCUT2D eigenvalue weighted by atomic mass is 32.1. The third-order valence-electron chi connectivity index (χ3n) is 2.06. The number of thiol groups is 1. The van der Waals surface area contributed by atoms with Crippen LogP contribution in [-0.4, -0.2) is 23.1 Å². The van der Waals surface area contributed by atoms with Gasteiger partial charge in [0.05, 0.1) is 6.42 Å². The molecule has 0 N–H and O–H groups in total. The number of alkyl halides is 3. The van der Waals surface area contributed by atoms with Crippen molar-refractivity contribution >= 4 is 12.8 Å². The molecule has 0 aromatic rings. The maximum Gasteiger partial charge on any atom is 0.390 e. The molecule has 72 valence electrons. The minimum atomic E-state index is -4.05. The average molecular weight is 199 g/mol. The summed E-state index contributed by atoms with van der Waals surface area (Å²) < 4.78 is 37.4. The highest BCUT2D eigenvalue weighted by molar-refractivity contribution is 7.77. The van der Waals surface area contributed by atoms with Gasteiger partial charge in [0, 0.05) is 12.6 Å². The maximum atomic E-state index is 12.0. The van der Waals surface area contributed by atoms with Crippen molar-refractivity contribution in [1.82, 2.24) is 4.31 Å². The van der Waals surface area contributed by atoms with E-state index >= 15 is 0 Å². The van der Waals surface area contributed by atoms with Gasteiger partial charge in [-0.15, -0.1) is 0 Å². The van der Waals surface area contributed by atoms with E-state index in [1.807, 2.05) is 0 Å². The largest absolute Gasteiger partial charge is 0.390 e. The monoisotopic (exact) mass is 199 g/mol. The first-order chi connectivity index (χ1) is 5.49. The van der Waals surface area contributed by atoms with E-state index in [0.717, 1.165) is 12.8 Å². The van der Waals surface area contributed by atoms with Crippen molar-refractivity contribution in [3.63, 3.8) is 0 Å². The van der Waals surface area contributed by atoms with E-state index < -0.39 is 18.6 Å². The second-order valence-corrected chi connectivity index (χ2v) is 3.65. The van der Waals surface area contributed by atoms with E-state index in [1.165, 1.54) is 4.31 Å². The van der Waals surface area contributed by atoms with Crippen molar-refractivity contribution in [2.45, 2.75) is 37.9 Å². The number of rotatable bonds is 1. The summed E-state index contributed by atoms with van der Waals surface area (Å²) in [5.41, 5.74) is 0. The van der Waals surface area contributed by atoms with E-state index in [0.29, 0.717) is 13.0 Å². The van der Waals surface area contributed by atoms with Crippen LogP contribution in [0.15, 0.2) is 0 Å². The molecule has 5 heteroatoms. The first kappa shape index (κ1) is 10.2. The van der Waals surface area contributed by atoms with Crippen LogP contribution >= 0.6 is 12.8 Å². The van der Waals surface area contributed by atoms with Crippen LogP contribution in [-0.2, 0) is 0 Å². The fourth-order valence-electron chi connectivity index (χ4n) is 1.46.